The number of ketones is 1. The zero-order valence-electron chi connectivity index (χ0n) is 7.61. The molecule has 4 heteroatoms. The number of rotatable bonds is 3. The van der Waals surface area contributed by atoms with Crippen molar-refractivity contribution in [2.45, 2.75) is 33.2 Å². The molecule has 0 saturated carbocycles. The van der Waals surface area contributed by atoms with E-state index in [0.29, 0.717) is 11.7 Å². The van der Waals surface area contributed by atoms with Gasteiger partial charge in [-0.2, -0.15) is 0 Å². The third kappa shape index (κ3) is 1.69. The van der Waals surface area contributed by atoms with E-state index in [1.54, 1.807) is 10.9 Å². The molecule has 0 saturated heterocycles. The van der Waals surface area contributed by atoms with Crippen molar-refractivity contribution < 1.29 is 4.79 Å². The minimum Gasteiger partial charge on any atom is -0.293 e. The third-order valence-electron chi connectivity index (χ3n) is 1.91. The molecular formula is C8H13N3O. The van der Waals surface area contributed by atoms with Crippen LogP contribution in [-0.2, 0) is 0 Å². The predicted octanol–water partition coefficient (Wildman–Crippen LogP) is 1.45. The lowest BCUT2D eigenvalue weighted by Gasteiger charge is -2.05. The SMILES string of the molecule is CCC(C)n1cc(C(C)=O)nn1. The molecule has 0 aromatic carbocycles. The molecule has 0 bridgehead atoms. The first kappa shape index (κ1) is 8.90. The molecule has 0 aliphatic carbocycles. The fraction of sp³-hybridized carbons (Fsp3) is 0.625. The van der Waals surface area contributed by atoms with Gasteiger partial charge in [0.25, 0.3) is 0 Å². The summed E-state index contributed by atoms with van der Waals surface area (Å²) in [6, 6.07) is 0.311. The first-order chi connectivity index (χ1) is 5.65. The standard InChI is InChI=1S/C8H13N3O/c1-4-6(2)11-5-8(7(3)12)9-10-11/h5-6H,4H2,1-3H3. The van der Waals surface area contributed by atoms with Gasteiger partial charge >= 0.3 is 0 Å². The molecule has 1 unspecified atom stereocenters. The Hall–Kier alpha value is -1.19. The quantitative estimate of drug-likeness (QED) is 0.640. The van der Waals surface area contributed by atoms with Crippen LogP contribution in [0.25, 0.3) is 0 Å². The van der Waals surface area contributed by atoms with Crippen molar-refractivity contribution in [1.82, 2.24) is 15.0 Å². The Morgan fingerprint density at radius 3 is 2.83 bits per heavy atom. The van der Waals surface area contributed by atoms with Gasteiger partial charge in [-0.05, 0) is 13.3 Å². The average molecular weight is 167 g/mol. The zero-order valence-corrected chi connectivity index (χ0v) is 7.61. The highest BCUT2D eigenvalue weighted by molar-refractivity contribution is 5.91. The van der Waals surface area contributed by atoms with Gasteiger partial charge in [-0.1, -0.05) is 12.1 Å². The van der Waals surface area contributed by atoms with Crippen LogP contribution in [-0.4, -0.2) is 20.8 Å². The summed E-state index contributed by atoms with van der Waals surface area (Å²) in [5.41, 5.74) is 0.440. The van der Waals surface area contributed by atoms with Crippen molar-refractivity contribution in [3.8, 4) is 0 Å². The monoisotopic (exact) mass is 167 g/mol. The number of nitrogens with zero attached hydrogens (tertiary/aromatic N) is 3. The van der Waals surface area contributed by atoms with Gasteiger partial charge in [0.1, 0.15) is 5.69 Å². The van der Waals surface area contributed by atoms with E-state index < -0.39 is 0 Å². The number of hydrogen-bond acceptors (Lipinski definition) is 3. The normalized spacial score (nSPS) is 12.9. The van der Waals surface area contributed by atoms with Gasteiger partial charge in [-0.15, -0.1) is 5.10 Å². The molecule has 0 fully saturated rings. The minimum absolute atomic E-state index is 0.0375. The second kappa shape index (κ2) is 3.47. The van der Waals surface area contributed by atoms with Crippen LogP contribution in [0.5, 0.6) is 0 Å². The van der Waals surface area contributed by atoms with E-state index >= 15 is 0 Å². The molecule has 0 N–H and O–H groups in total. The van der Waals surface area contributed by atoms with Crippen molar-refractivity contribution >= 4 is 5.78 Å². The topological polar surface area (TPSA) is 47.8 Å². The molecule has 66 valence electrons. The van der Waals surface area contributed by atoms with E-state index in [2.05, 4.69) is 17.2 Å². The highest BCUT2D eigenvalue weighted by Gasteiger charge is 2.08. The van der Waals surface area contributed by atoms with Crippen LogP contribution in [0.3, 0.4) is 0 Å². The molecule has 0 aliphatic heterocycles. The van der Waals surface area contributed by atoms with Gasteiger partial charge in [0.15, 0.2) is 5.78 Å². The molecule has 12 heavy (non-hydrogen) atoms. The third-order valence-corrected chi connectivity index (χ3v) is 1.91. The Morgan fingerprint density at radius 1 is 1.75 bits per heavy atom. The smallest absolute Gasteiger partial charge is 0.181 e. The summed E-state index contributed by atoms with van der Waals surface area (Å²) in [6.45, 7) is 5.60. The highest BCUT2D eigenvalue weighted by atomic mass is 16.1. The van der Waals surface area contributed by atoms with Crippen LogP contribution < -0.4 is 0 Å². The first-order valence-electron chi connectivity index (χ1n) is 4.08. The lowest BCUT2D eigenvalue weighted by Crippen LogP contribution is -2.04. The number of carbonyl (C=O) groups is 1. The first-order valence-corrected chi connectivity index (χ1v) is 4.08. The van der Waals surface area contributed by atoms with Crippen LogP contribution in [0.15, 0.2) is 6.20 Å². The maximum absolute atomic E-state index is 10.9. The van der Waals surface area contributed by atoms with Gasteiger partial charge in [-0.3, -0.25) is 4.79 Å². The number of hydrogen-bond donors (Lipinski definition) is 0. The van der Waals surface area contributed by atoms with E-state index in [1.165, 1.54) is 6.92 Å². The van der Waals surface area contributed by atoms with Crippen molar-refractivity contribution in [3.63, 3.8) is 0 Å². The van der Waals surface area contributed by atoms with Gasteiger partial charge in [-0.25, -0.2) is 4.68 Å². The molecule has 0 aliphatic rings. The van der Waals surface area contributed by atoms with Crippen LogP contribution in [0.4, 0.5) is 0 Å². The van der Waals surface area contributed by atoms with Gasteiger partial charge < -0.3 is 0 Å². The van der Waals surface area contributed by atoms with E-state index in [4.69, 9.17) is 0 Å². The van der Waals surface area contributed by atoms with Crippen molar-refractivity contribution in [2.75, 3.05) is 0 Å². The molecule has 0 amide bonds. The van der Waals surface area contributed by atoms with Crippen molar-refractivity contribution in [1.29, 1.82) is 0 Å². The van der Waals surface area contributed by atoms with E-state index in [1.807, 2.05) is 6.92 Å². The Kier molecular flexibility index (Phi) is 2.58. The number of Topliss-reactive ketones (excluding diaryl/α,β-unsaturated/α-hetero) is 1. The molecule has 1 aromatic heterocycles. The van der Waals surface area contributed by atoms with E-state index in [0.717, 1.165) is 6.42 Å². The predicted molar refractivity (Wildman–Crippen MR) is 45.0 cm³/mol. The lowest BCUT2D eigenvalue weighted by molar-refractivity contribution is 0.101. The molecule has 1 rings (SSSR count). The summed E-state index contributed by atoms with van der Waals surface area (Å²) in [5.74, 6) is -0.0375. The fourth-order valence-corrected chi connectivity index (χ4v) is 0.841. The molecule has 1 aromatic rings. The summed E-state index contributed by atoms with van der Waals surface area (Å²) in [4.78, 5) is 10.9. The summed E-state index contributed by atoms with van der Waals surface area (Å²) in [6.07, 6.45) is 2.68. The molecule has 1 atom stereocenters. The Balaban J connectivity index is 2.84. The van der Waals surface area contributed by atoms with Crippen molar-refractivity contribution in [3.05, 3.63) is 11.9 Å². The summed E-state index contributed by atoms with van der Waals surface area (Å²) in [7, 11) is 0. The van der Waals surface area contributed by atoms with Gasteiger partial charge in [0, 0.05) is 6.92 Å². The van der Waals surface area contributed by atoms with E-state index in [9.17, 15) is 4.79 Å². The minimum atomic E-state index is -0.0375. The molecule has 1 heterocycles. The molecular weight excluding hydrogens is 154 g/mol. The number of carbonyl (C=O) groups excluding carboxylic acids is 1. The van der Waals surface area contributed by atoms with Gasteiger partial charge in [0.05, 0.1) is 12.2 Å². The number of aromatic nitrogens is 3. The molecule has 0 radical (unpaired) electrons. The largest absolute Gasteiger partial charge is 0.293 e. The Bertz CT molecular complexity index is 280. The second-order valence-corrected chi connectivity index (χ2v) is 2.90. The maximum Gasteiger partial charge on any atom is 0.181 e. The molecule has 0 spiro atoms. The average Bonchev–Trinajstić information content (AvgIpc) is 2.51. The summed E-state index contributed by atoms with van der Waals surface area (Å²) < 4.78 is 1.72. The van der Waals surface area contributed by atoms with Crippen LogP contribution in [0.2, 0.25) is 0 Å². The zero-order chi connectivity index (χ0) is 9.14. The lowest BCUT2D eigenvalue weighted by atomic mass is 10.3. The summed E-state index contributed by atoms with van der Waals surface area (Å²) in [5, 5.41) is 7.60. The molecule has 4 nitrogen and oxygen atoms in total. The Morgan fingerprint density at radius 2 is 2.42 bits per heavy atom. The Labute approximate surface area is 71.6 Å². The van der Waals surface area contributed by atoms with Crippen LogP contribution >= 0.6 is 0 Å². The van der Waals surface area contributed by atoms with Gasteiger partial charge in [0.2, 0.25) is 0 Å². The van der Waals surface area contributed by atoms with E-state index in [-0.39, 0.29) is 5.78 Å². The highest BCUT2D eigenvalue weighted by Crippen LogP contribution is 2.07. The van der Waals surface area contributed by atoms with Crippen LogP contribution in [0.1, 0.15) is 43.7 Å². The van der Waals surface area contributed by atoms with Crippen LogP contribution in [0, 0.1) is 0 Å². The maximum atomic E-state index is 10.9. The fourth-order valence-electron chi connectivity index (χ4n) is 0.841. The summed E-state index contributed by atoms with van der Waals surface area (Å²) >= 11 is 0. The van der Waals surface area contributed by atoms with Crippen molar-refractivity contribution in [2.24, 2.45) is 0 Å². The second-order valence-electron chi connectivity index (χ2n) is 2.90.